The van der Waals surface area contributed by atoms with E-state index in [4.69, 9.17) is 16.3 Å². The lowest BCUT2D eigenvalue weighted by Gasteiger charge is -2.24. The summed E-state index contributed by atoms with van der Waals surface area (Å²) in [6.45, 7) is 7.12. The minimum atomic E-state index is -1.01. The van der Waals surface area contributed by atoms with E-state index >= 15 is 0 Å². The SMILES string of the molecule is COC(=O)C(C)(C)Oc1cc(C)c(Cl)c(C)c1. The van der Waals surface area contributed by atoms with Crippen LogP contribution in [0, 0.1) is 13.8 Å². The molecule has 0 heterocycles. The Morgan fingerprint density at radius 2 is 1.71 bits per heavy atom. The van der Waals surface area contributed by atoms with Gasteiger partial charge in [-0.2, -0.15) is 0 Å². The van der Waals surface area contributed by atoms with E-state index in [0.29, 0.717) is 10.8 Å². The Hall–Kier alpha value is -1.22. The quantitative estimate of drug-likeness (QED) is 0.779. The van der Waals surface area contributed by atoms with E-state index in [0.717, 1.165) is 11.1 Å². The average Bonchev–Trinajstić information content (AvgIpc) is 2.24. The third-order valence-electron chi connectivity index (χ3n) is 2.46. The van der Waals surface area contributed by atoms with Crippen molar-refractivity contribution < 1.29 is 14.3 Å². The Morgan fingerprint density at radius 1 is 1.24 bits per heavy atom. The second-order valence-electron chi connectivity index (χ2n) is 4.48. The Bertz CT molecular complexity index is 415. The number of aryl methyl sites for hydroxylation is 2. The minimum Gasteiger partial charge on any atom is -0.476 e. The summed E-state index contributed by atoms with van der Waals surface area (Å²) in [5, 5.41) is 0.716. The van der Waals surface area contributed by atoms with Crippen molar-refractivity contribution in [2.45, 2.75) is 33.3 Å². The van der Waals surface area contributed by atoms with Crippen molar-refractivity contribution in [2.75, 3.05) is 7.11 Å². The second-order valence-corrected chi connectivity index (χ2v) is 4.85. The first-order chi connectivity index (χ1) is 7.77. The summed E-state index contributed by atoms with van der Waals surface area (Å²) < 4.78 is 10.3. The lowest BCUT2D eigenvalue weighted by Crippen LogP contribution is -2.39. The molecule has 1 aromatic carbocycles. The van der Waals surface area contributed by atoms with Crippen molar-refractivity contribution in [2.24, 2.45) is 0 Å². The molecule has 94 valence electrons. The molecule has 4 heteroatoms. The van der Waals surface area contributed by atoms with Crippen LogP contribution in [-0.2, 0) is 9.53 Å². The van der Waals surface area contributed by atoms with Crippen LogP contribution in [0.3, 0.4) is 0 Å². The second kappa shape index (κ2) is 4.96. The molecular weight excluding hydrogens is 240 g/mol. The molecule has 1 rings (SSSR count). The van der Waals surface area contributed by atoms with Crippen molar-refractivity contribution in [3.63, 3.8) is 0 Å². The van der Waals surface area contributed by atoms with Gasteiger partial charge in [-0.3, -0.25) is 0 Å². The Morgan fingerprint density at radius 3 is 2.12 bits per heavy atom. The smallest absolute Gasteiger partial charge is 0.349 e. The maximum Gasteiger partial charge on any atom is 0.349 e. The summed E-state index contributed by atoms with van der Waals surface area (Å²) in [5.41, 5.74) is 0.825. The fourth-order valence-corrected chi connectivity index (χ4v) is 1.66. The van der Waals surface area contributed by atoms with Crippen LogP contribution in [0.5, 0.6) is 5.75 Å². The van der Waals surface area contributed by atoms with Gasteiger partial charge in [-0.15, -0.1) is 0 Å². The van der Waals surface area contributed by atoms with Gasteiger partial charge in [0.15, 0.2) is 5.60 Å². The van der Waals surface area contributed by atoms with Crippen molar-refractivity contribution >= 4 is 17.6 Å². The van der Waals surface area contributed by atoms with E-state index in [1.807, 2.05) is 13.8 Å². The highest BCUT2D eigenvalue weighted by atomic mass is 35.5. The van der Waals surface area contributed by atoms with E-state index < -0.39 is 11.6 Å². The molecule has 0 atom stereocenters. The number of carbonyl (C=O) groups excluding carboxylic acids is 1. The molecule has 3 nitrogen and oxygen atoms in total. The molecule has 0 aliphatic heterocycles. The summed E-state index contributed by atoms with van der Waals surface area (Å²) in [6, 6.07) is 3.61. The van der Waals surface area contributed by atoms with Crippen LogP contribution in [0.25, 0.3) is 0 Å². The van der Waals surface area contributed by atoms with Crippen LogP contribution in [-0.4, -0.2) is 18.7 Å². The van der Waals surface area contributed by atoms with Crippen LogP contribution < -0.4 is 4.74 Å². The first-order valence-electron chi connectivity index (χ1n) is 5.32. The van der Waals surface area contributed by atoms with Crippen LogP contribution in [0.4, 0.5) is 0 Å². The summed E-state index contributed by atoms with van der Waals surface area (Å²) >= 11 is 6.06. The van der Waals surface area contributed by atoms with Crippen LogP contribution in [0.2, 0.25) is 5.02 Å². The third-order valence-corrected chi connectivity index (χ3v) is 3.06. The summed E-state index contributed by atoms with van der Waals surface area (Å²) in [7, 11) is 1.34. The largest absolute Gasteiger partial charge is 0.476 e. The van der Waals surface area contributed by atoms with Gasteiger partial charge in [0.05, 0.1) is 7.11 Å². The lowest BCUT2D eigenvalue weighted by atomic mass is 10.1. The fourth-order valence-electron chi connectivity index (χ4n) is 1.55. The maximum atomic E-state index is 11.5. The summed E-state index contributed by atoms with van der Waals surface area (Å²) in [5.74, 6) is 0.197. The van der Waals surface area contributed by atoms with E-state index in [2.05, 4.69) is 4.74 Å². The maximum absolute atomic E-state index is 11.5. The van der Waals surface area contributed by atoms with E-state index in [9.17, 15) is 4.79 Å². The molecule has 0 bridgehead atoms. The van der Waals surface area contributed by atoms with Crippen LogP contribution >= 0.6 is 11.6 Å². The molecule has 0 unspecified atom stereocenters. The Kier molecular flexibility index (Phi) is 4.04. The van der Waals surface area contributed by atoms with Gasteiger partial charge in [-0.25, -0.2) is 4.79 Å². The van der Waals surface area contributed by atoms with Gasteiger partial charge in [0.1, 0.15) is 5.75 Å². The molecule has 0 aliphatic rings. The molecule has 0 aliphatic carbocycles. The zero-order valence-electron chi connectivity index (χ0n) is 10.8. The van der Waals surface area contributed by atoms with Crippen molar-refractivity contribution in [1.82, 2.24) is 0 Å². The van der Waals surface area contributed by atoms with Gasteiger partial charge in [-0.1, -0.05) is 11.6 Å². The van der Waals surface area contributed by atoms with E-state index in [-0.39, 0.29) is 0 Å². The average molecular weight is 257 g/mol. The Labute approximate surface area is 107 Å². The Balaban J connectivity index is 3.00. The van der Waals surface area contributed by atoms with Gasteiger partial charge in [0, 0.05) is 5.02 Å². The molecule has 0 aromatic heterocycles. The minimum absolute atomic E-state index is 0.414. The molecule has 0 amide bonds. The molecule has 0 saturated carbocycles. The molecular formula is C13H17ClO3. The standard InChI is InChI=1S/C13H17ClO3/c1-8-6-10(7-9(2)11(8)14)17-13(3,4)12(15)16-5/h6-7H,1-5H3. The molecule has 0 saturated heterocycles. The third kappa shape index (κ3) is 3.13. The monoisotopic (exact) mass is 256 g/mol. The first-order valence-corrected chi connectivity index (χ1v) is 5.70. The number of benzene rings is 1. The highest BCUT2D eigenvalue weighted by molar-refractivity contribution is 6.32. The van der Waals surface area contributed by atoms with E-state index in [1.54, 1.807) is 26.0 Å². The number of methoxy groups -OCH3 is 1. The van der Waals surface area contributed by atoms with Gasteiger partial charge in [0.2, 0.25) is 0 Å². The molecule has 17 heavy (non-hydrogen) atoms. The number of rotatable bonds is 3. The zero-order chi connectivity index (χ0) is 13.2. The van der Waals surface area contributed by atoms with Crippen LogP contribution in [0.15, 0.2) is 12.1 Å². The number of ether oxygens (including phenoxy) is 2. The summed E-state index contributed by atoms with van der Waals surface area (Å²) in [6.07, 6.45) is 0. The van der Waals surface area contributed by atoms with Crippen LogP contribution in [0.1, 0.15) is 25.0 Å². The number of hydrogen-bond donors (Lipinski definition) is 0. The number of carbonyl (C=O) groups is 1. The fraction of sp³-hybridized carbons (Fsp3) is 0.462. The van der Waals surface area contributed by atoms with Gasteiger partial charge < -0.3 is 9.47 Å². The molecule has 0 spiro atoms. The molecule has 0 radical (unpaired) electrons. The van der Waals surface area contributed by atoms with Crippen molar-refractivity contribution in [1.29, 1.82) is 0 Å². The number of hydrogen-bond acceptors (Lipinski definition) is 3. The van der Waals surface area contributed by atoms with E-state index in [1.165, 1.54) is 7.11 Å². The highest BCUT2D eigenvalue weighted by Gasteiger charge is 2.31. The number of halogens is 1. The van der Waals surface area contributed by atoms with Crippen molar-refractivity contribution in [3.05, 3.63) is 28.3 Å². The first kappa shape index (κ1) is 13.8. The summed E-state index contributed by atoms with van der Waals surface area (Å²) in [4.78, 5) is 11.5. The predicted octanol–water partition coefficient (Wildman–Crippen LogP) is 3.29. The number of esters is 1. The molecule has 0 N–H and O–H groups in total. The normalized spacial score (nSPS) is 11.2. The topological polar surface area (TPSA) is 35.5 Å². The zero-order valence-corrected chi connectivity index (χ0v) is 11.5. The highest BCUT2D eigenvalue weighted by Crippen LogP contribution is 2.28. The lowest BCUT2D eigenvalue weighted by molar-refractivity contribution is -0.156. The molecule has 0 fully saturated rings. The predicted molar refractivity (Wildman–Crippen MR) is 67.6 cm³/mol. The van der Waals surface area contributed by atoms with Gasteiger partial charge in [0.25, 0.3) is 0 Å². The van der Waals surface area contributed by atoms with Gasteiger partial charge in [-0.05, 0) is 51.0 Å². The molecule has 1 aromatic rings. The van der Waals surface area contributed by atoms with Crippen molar-refractivity contribution in [3.8, 4) is 5.75 Å². The van der Waals surface area contributed by atoms with Gasteiger partial charge >= 0.3 is 5.97 Å².